The SMILES string of the molecule is Cc1ccccc1C1C=CC=C1. The predicted octanol–water partition coefficient (Wildman–Crippen LogP) is 3.20. The van der Waals surface area contributed by atoms with Gasteiger partial charge >= 0.3 is 0 Å². The van der Waals surface area contributed by atoms with E-state index in [1.807, 2.05) is 0 Å². The quantitative estimate of drug-likeness (QED) is 0.585. The summed E-state index contributed by atoms with van der Waals surface area (Å²) in [5.74, 6) is 0.506. The van der Waals surface area contributed by atoms with Gasteiger partial charge in [-0.25, -0.2) is 0 Å². The molecule has 0 nitrogen and oxygen atoms in total. The normalized spacial score (nSPS) is 15.8. The molecule has 1 aliphatic carbocycles. The summed E-state index contributed by atoms with van der Waals surface area (Å²) in [6, 6.07) is 8.54. The second kappa shape index (κ2) is 2.98. The highest BCUT2D eigenvalue weighted by atomic mass is 14.1. The summed E-state index contributed by atoms with van der Waals surface area (Å²) in [6.45, 7) is 2.16. The summed E-state index contributed by atoms with van der Waals surface area (Å²) in [4.78, 5) is 0. The van der Waals surface area contributed by atoms with Crippen LogP contribution in [0.4, 0.5) is 0 Å². The van der Waals surface area contributed by atoms with Crippen molar-refractivity contribution < 1.29 is 0 Å². The number of aryl methyl sites for hydroxylation is 1. The molecule has 0 atom stereocenters. The van der Waals surface area contributed by atoms with Gasteiger partial charge < -0.3 is 0 Å². The number of hydrogen-bond acceptors (Lipinski definition) is 0. The van der Waals surface area contributed by atoms with Crippen LogP contribution >= 0.6 is 0 Å². The molecule has 60 valence electrons. The second-order valence-corrected chi connectivity index (χ2v) is 3.15. The van der Waals surface area contributed by atoms with Crippen molar-refractivity contribution in [2.24, 2.45) is 0 Å². The largest absolute Gasteiger partial charge is 0.0732 e. The summed E-state index contributed by atoms with van der Waals surface area (Å²) in [5, 5.41) is 0. The molecule has 0 heterocycles. The lowest BCUT2D eigenvalue weighted by Gasteiger charge is -2.08. The van der Waals surface area contributed by atoms with Crippen molar-refractivity contribution in [1.29, 1.82) is 0 Å². The van der Waals surface area contributed by atoms with E-state index in [9.17, 15) is 0 Å². The van der Waals surface area contributed by atoms with Crippen molar-refractivity contribution >= 4 is 0 Å². The Labute approximate surface area is 73.2 Å². The van der Waals surface area contributed by atoms with Crippen molar-refractivity contribution in [3.8, 4) is 0 Å². The molecule has 0 spiro atoms. The first-order chi connectivity index (χ1) is 5.88. The van der Waals surface area contributed by atoms with Gasteiger partial charge in [0.15, 0.2) is 0 Å². The lowest BCUT2D eigenvalue weighted by molar-refractivity contribution is 1.08. The molecule has 1 aromatic rings. The van der Waals surface area contributed by atoms with E-state index in [1.54, 1.807) is 0 Å². The Morgan fingerprint density at radius 3 is 2.33 bits per heavy atom. The van der Waals surface area contributed by atoms with E-state index in [0.29, 0.717) is 5.92 Å². The minimum absolute atomic E-state index is 0.506. The zero-order valence-electron chi connectivity index (χ0n) is 7.20. The summed E-state index contributed by atoms with van der Waals surface area (Å²) in [7, 11) is 0. The van der Waals surface area contributed by atoms with E-state index in [2.05, 4.69) is 55.5 Å². The van der Waals surface area contributed by atoms with Crippen LogP contribution < -0.4 is 0 Å². The fourth-order valence-electron chi connectivity index (χ4n) is 1.60. The van der Waals surface area contributed by atoms with E-state index in [1.165, 1.54) is 11.1 Å². The fraction of sp³-hybridized carbons (Fsp3) is 0.167. The highest BCUT2D eigenvalue weighted by Crippen LogP contribution is 2.25. The average molecular weight is 156 g/mol. The topological polar surface area (TPSA) is 0 Å². The van der Waals surface area contributed by atoms with Crippen LogP contribution in [0.1, 0.15) is 17.0 Å². The van der Waals surface area contributed by atoms with Crippen molar-refractivity contribution in [1.82, 2.24) is 0 Å². The van der Waals surface area contributed by atoms with Gasteiger partial charge in [-0.3, -0.25) is 0 Å². The van der Waals surface area contributed by atoms with Crippen molar-refractivity contribution in [2.45, 2.75) is 12.8 Å². The number of rotatable bonds is 1. The smallest absolute Gasteiger partial charge is 0.0207 e. The number of hydrogen-bond donors (Lipinski definition) is 0. The van der Waals surface area contributed by atoms with Crippen LogP contribution in [0.15, 0.2) is 48.6 Å². The van der Waals surface area contributed by atoms with Crippen LogP contribution in [0.2, 0.25) is 0 Å². The molecule has 0 heteroatoms. The number of allylic oxidation sites excluding steroid dienone is 4. The Hall–Kier alpha value is -1.30. The molecular weight excluding hydrogens is 144 g/mol. The third-order valence-corrected chi connectivity index (χ3v) is 2.30. The first-order valence-corrected chi connectivity index (χ1v) is 4.28. The molecule has 1 aromatic carbocycles. The molecule has 0 saturated carbocycles. The lowest BCUT2D eigenvalue weighted by Crippen LogP contribution is -1.91. The van der Waals surface area contributed by atoms with E-state index in [-0.39, 0.29) is 0 Å². The molecule has 1 aliphatic rings. The molecule has 0 unspecified atom stereocenters. The standard InChI is InChI=1S/C12H12/c1-10-6-2-5-9-12(10)11-7-3-4-8-11/h2-9,11H,1H3. The van der Waals surface area contributed by atoms with Gasteiger partial charge in [0.1, 0.15) is 0 Å². The third kappa shape index (κ3) is 1.20. The first kappa shape index (κ1) is 7.35. The maximum absolute atomic E-state index is 2.22. The van der Waals surface area contributed by atoms with Gasteiger partial charge in [-0.05, 0) is 18.1 Å². The van der Waals surface area contributed by atoms with Crippen LogP contribution in [0.5, 0.6) is 0 Å². The summed E-state index contributed by atoms with van der Waals surface area (Å²) in [6.07, 6.45) is 8.67. The third-order valence-electron chi connectivity index (χ3n) is 2.30. The molecule has 2 rings (SSSR count). The summed E-state index contributed by atoms with van der Waals surface area (Å²) < 4.78 is 0. The van der Waals surface area contributed by atoms with Gasteiger partial charge in [-0.2, -0.15) is 0 Å². The lowest BCUT2D eigenvalue weighted by atomic mass is 9.96. The highest BCUT2D eigenvalue weighted by molar-refractivity contribution is 5.39. The van der Waals surface area contributed by atoms with Gasteiger partial charge in [-0.1, -0.05) is 48.6 Å². The van der Waals surface area contributed by atoms with Crippen molar-refractivity contribution in [2.75, 3.05) is 0 Å². The van der Waals surface area contributed by atoms with Crippen molar-refractivity contribution in [3.05, 3.63) is 59.7 Å². The second-order valence-electron chi connectivity index (χ2n) is 3.15. The van der Waals surface area contributed by atoms with Crippen LogP contribution in [0.25, 0.3) is 0 Å². The summed E-state index contributed by atoms with van der Waals surface area (Å²) >= 11 is 0. The van der Waals surface area contributed by atoms with E-state index < -0.39 is 0 Å². The Bertz CT molecular complexity index is 320. The zero-order chi connectivity index (χ0) is 8.39. The molecule has 0 N–H and O–H groups in total. The average Bonchev–Trinajstić information content (AvgIpc) is 2.57. The zero-order valence-corrected chi connectivity index (χ0v) is 7.20. The van der Waals surface area contributed by atoms with E-state index >= 15 is 0 Å². The molecular formula is C12H12. The molecule has 0 saturated heterocycles. The van der Waals surface area contributed by atoms with Crippen LogP contribution in [-0.4, -0.2) is 0 Å². The maximum Gasteiger partial charge on any atom is 0.0207 e. The van der Waals surface area contributed by atoms with E-state index in [4.69, 9.17) is 0 Å². The predicted molar refractivity (Wildman–Crippen MR) is 52.2 cm³/mol. The Kier molecular flexibility index (Phi) is 1.83. The minimum atomic E-state index is 0.506. The molecule has 0 aromatic heterocycles. The molecule has 0 amide bonds. The molecule has 0 radical (unpaired) electrons. The van der Waals surface area contributed by atoms with Gasteiger partial charge in [0.2, 0.25) is 0 Å². The van der Waals surface area contributed by atoms with Gasteiger partial charge in [-0.15, -0.1) is 0 Å². The minimum Gasteiger partial charge on any atom is -0.0732 e. The Morgan fingerprint density at radius 2 is 1.67 bits per heavy atom. The Balaban J connectivity index is 2.39. The highest BCUT2D eigenvalue weighted by Gasteiger charge is 2.07. The van der Waals surface area contributed by atoms with Gasteiger partial charge in [0, 0.05) is 5.92 Å². The fourth-order valence-corrected chi connectivity index (χ4v) is 1.60. The van der Waals surface area contributed by atoms with Crippen LogP contribution in [0, 0.1) is 6.92 Å². The number of benzene rings is 1. The first-order valence-electron chi connectivity index (χ1n) is 4.28. The summed E-state index contributed by atoms with van der Waals surface area (Å²) in [5.41, 5.74) is 2.79. The van der Waals surface area contributed by atoms with E-state index in [0.717, 1.165) is 0 Å². The van der Waals surface area contributed by atoms with Crippen molar-refractivity contribution in [3.63, 3.8) is 0 Å². The van der Waals surface area contributed by atoms with Gasteiger partial charge in [0.05, 0.1) is 0 Å². The van der Waals surface area contributed by atoms with Crippen LogP contribution in [0.3, 0.4) is 0 Å². The van der Waals surface area contributed by atoms with Gasteiger partial charge in [0.25, 0.3) is 0 Å². The molecule has 0 aliphatic heterocycles. The molecule has 12 heavy (non-hydrogen) atoms. The monoisotopic (exact) mass is 156 g/mol. The van der Waals surface area contributed by atoms with Crippen LogP contribution in [-0.2, 0) is 0 Å². The molecule has 0 bridgehead atoms. The Morgan fingerprint density at radius 1 is 1.00 bits per heavy atom. The maximum atomic E-state index is 2.22. The molecule has 0 fully saturated rings.